The normalized spacial score (nSPS) is 13.7. The maximum absolute atomic E-state index is 12.3. The largest absolute Gasteiger partial charge is 0.378 e. The van der Waals surface area contributed by atoms with Crippen molar-refractivity contribution in [2.75, 3.05) is 48.4 Å². The van der Waals surface area contributed by atoms with E-state index in [-0.39, 0.29) is 12.5 Å². The first-order chi connectivity index (χ1) is 13.2. The van der Waals surface area contributed by atoms with E-state index in [2.05, 4.69) is 21.6 Å². The van der Waals surface area contributed by atoms with Crippen LogP contribution < -0.4 is 15.5 Å². The molecule has 3 rings (SSSR count). The van der Waals surface area contributed by atoms with Crippen molar-refractivity contribution in [3.63, 3.8) is 0 Å². The van der Waals surface area contributed by atoms with Crippen LogP contribution in [0.25, 0.3) is 0 Å². The summed E-state index contributed by atoms with van der Waals surface area (Å²) in [5, 5.41) is 15.3. The number of rotatable bonds is 6. The van der Waals surface area contributed by atoms with Crippen LogP contribution in [0.3, 0.4) is 0 Å². The first-order valence-electron chi connectivity index (χ1n) is 8.77. The quantitative estimate of drug-likeness (QED) is 0.799. The van der Waals surface area contributed by atoms with Crippen LogP contribution in [0.5, 0.6) is 0 Å². The third-order valence-corrected chi connectivity index (χ3v) is 4.51. The van der Waals surface area contributed by atoms with Crippen molar-refractivity contribution in [3.05, 3.63) is 53.1 Å². The summed E-state index contributed by atoms with van der Waals surface area (Å²) in [5.74, 6) is -0.157. The molecule has 1 saturated heterocycles. The number of carbonyl (C=O) groups is 1. The average Bonchev–Trinajstić information content (AvgIpc) is 2.69. The minimum Gasteiger partial charge on any atom is -0.378 e. The zero-order valence-electron chi connectivity index (χ0n) is 14.9. The summed E-state index contributed by atoms with van der Waals surface area (Å²) in [4.78, 5) is 14.5. The topological polar surface area (TPSA) is 77.4 Å². The molecule has 0 radical (unpaired) electrons. The lowest BCUT2D eigenvalue weighted by molar-refractivity contribution is -0.114. The van der Waals surface area contributed by atoms with E-state index in [1.807, 2.05) is 30.3 Å². The molecule has 6 nitrogen and oxygen atoms in total. The summed E-state index contributed by atoms with van der Waals surface area (Å²) < 4.78 is 5.40. The molecule has 27 heavy (non-hydrogen) atoms. The summed E-state index contributed by atoms with van der Waals surface area (Å²) in [6.45, 7) is 3.10. The van der Waals surface area contributed by atoms with Crippen molar-refractivity contribution in [2.24, 2.45) is 0 Å². The number of carbonyl (C=O) groups excluding carboxylic acids is 1. The molecule has 1 amide bonds. The van der Waals surface area contributed by atoms with Gasteiger partial charge in [-0.3, -0.25) is 4.79 Å². The molecule has 0 atom stereocenters. The fraction of sp³-hybridized carbons (Fsp3) is 0.300. The lowest BCUT2D eigenvalue weighted by Crippen LogP contribution is -2.36. The maximum atomic E-state index is 12.3. The van der Waals surface area contributed by atoms with Crippen LogP contribution in [0, 0.1) is 11.3 Å². The van der Waals surface area contributed by atoms with Crippen molar-refractivity contribution >= 4 is 34.6 Å². The van der Waals surface area contributed by atoms with Gasteiger partial charge in [-0.15, -0.1) is 0 Å². The van der Waals surface area contributed by atoms with E-state index in [4.69, 9.17) is 21.6 Å². The Hall–Kier alpha value is -2.75. The van der Waals surface area contributed by atoms with E-state index in [1.54, 1.807) is 12.1 Å². The number of ether oxygens (including phenoxy) is 1. The van der Waals surface area contributed by atoms with Gasteiger partial charge >= 0.3 is 0 Å². The molecule has 2 aromatic carbocycles. The van der Waals surface area contributed by atoms with Gasteiger partial charge in [0.15, 0.2) is 0 Å². The molecule has 1 heterocycles. The molecular weight excluding hydrogens is 364 g/mol. The minimum atomic E-state index is -0.157. The fourth-order valence-electron chi connectivity index (χ4n) is 2.91. The van der Waals surface area contributed by atoms with Gasteiger partial charge in [-0.1, -0.05) is 23.7 Å². The van der Waals surface area contributed by atoms with Gasteiger partial charge in [0.1, 0.15) is 0 Å². The number of benzene rings is 2. The Kier molecular flexibility index (Phi) is 6.53. The molecule has 0 saturated carbocycles. The van der Waals surface area contributed by atoms with Crippen LogP contribution in [0.4, 0.5) is 17.1 Å². The van der Waals surface area contributed by atoms with Crippen LogP contribution in [0.2, 0.25) is 5.02 Å². The second-order valence-electron chi connectivity index (χ2n) is 6.19. The summed E-state index contributed by atoms with van der Waals surface area (Å²) in [5.41, 5.74) is 3.45. The molecule has 2 aromatic rings. The summed E-state index contributed by atoms with van der Waals surface area (Å²) in [7, 11) is 0. The van der Waals surface area contributed by atoms with Crippen molar-refractivity contribution in [2.45, 2.75) is 6.42 Å². The second kappa shape index (κ2) is 9.26. The standard InChI is InChI=1S/C20H21ClN4O2/c21-16-3-6-19(25-9-11-27-12-10-25)18(13-16)23-14-20(26)24-17-4-1-15(2-5-17)7-8-22/h1-6,13,23H,7,9-12,14H2,(H,24,26). The van der Waals surface area contributed by atoms with Gasteiger partial charge in [-0.2, -0.15) is 5.26 Å². The van der Waals surface area contributed by atoms with Gasteiger partial charge in [-0.05, 0) is 35.9 Å². The number of morpholine rings is 1. The highest BCUT2D eigenvalue weighted by Crippen LogP contribution is 2.29. The number of anilines is 3. The van der Waals surface area contributed by atoms with E-state index >= 15 is 0 Å². The molecule has 0 spiro atoms. The lowest BCUT2D eigenvalue weighted by Gasteiger charge is -2.30. The highest BCUT2D eigenvalue weighted by molar-refractivity contribution is 6.31. The minimum absolute atomic E-state index is 0.123. The molecule has 2 N–H and O–H groups in total. The predicted octanol–water partition coefficient (Wildman–Crippen LogP) is 3.29. The van der Waals surface area contributed by atoms with Gasteiger partial charge in [-0.25, -0.2) is 0 Å². The SMILES string of the molecule is N#CCc1ccc(NC(=O)CNc2cc(Cl)ccc2N2CCOCC2)cc1. The maximum Gasteiger partial charge on any atom is 0.243 e. The molecule has 140 valence electrons. The van der Waals surface area contributed by atoms with Crippen LogP contribution in [-0.4, -0.2) is 38.8 Å². The average molecular weight is 385 g/mol. The van der Waals surface area contributed by atoms with Crippen molar-refractivity contribution in [1.29, 1.82) is 5.26 Å². The molecule has 7 heteroatoms. The van der Waals surface area contributed by atoms with Crippen LogP contribution >= 0.6 is 11.6 Å². The van der Waals surface area contributed by atoms with Crippen LogP contribution in [0.15, 0.2) is 42.5 Å². The molecule has 0 bridgehead atoms. The van der Waals surface area contributed by atoms with Crippen molar-refractivity contribution < 1.29 is 9.53 Å². The highest BCUT2D eigenvalue weighted by Gasteiger charge is 2.15. The summed E-state index contributed by atoms with van der Waals surface area (Å²) in [6, 6.07) is 15.0. The summed E-state index contributed by atoms with van der Waals surface area (Å²) in [6.07, 6.45) is 0.356. The van der Waals surface area contributed by atoms with E-state index < -0.39 is 0 Å². The Labute approximate surface area is 163 Å². The Balaban J connectivity index is 1.61. The van der Waals surface area contributed by atoms with Crippen LogP contribution in [-0.2, 0) is 16.0 Å². The number of nitrogens with zero attached hydrogens (tertiary/aromatic N) is 2. The molecule has 0 aromatic heterocycles. The van der Waals surface area contributed by atoms with Crippen molar-refractivity contribution in [1.82, 2.24) is 0 Å². The zero-order chi connectivity index (χ0) is 19.1. The third kappa shape index (κ3) is 5.36. The first kappa shape index (κ1) is 19.0. The Morgan fingerprint density at radius 3 is 2.63 bits per heavy atom. The number of nitrogens with one attached hydrogen (secondary N) is 2. The molecule has 1 aliphatic rings. The third-order valence-electron chi connectivity index (χ3n) is 4.27. The number of nitriles is 1. The van der Waals surface area contributed by atoms with Gasteiger partial charge < -0.3 is 20.3 Å². The van der Waals surface area contributed by atoms with Gasteiger partial charge in [0.05, 0.1) is 43.6 Å². The Morgan fingerprint density at radius 2 is 1.93 bits per heavy atom. The molecule has 0 unspecified atom stereocenters. The van der Waals surface area contributed by atoms with Crippen molar-refractivity contribution in [3.8, 4) is 6.07 Å². The molecular formula is C20H21ClN4O2. The molecule has 1 fully saturated rings. The zero-order valence-corrected chi connectivity index (χ0v) is 15.6. The molecule has 1 aliphatic heterocycles. The second-order valence-corrected chi connectivity index (χ2v) is 6.63. The van der Waals surface area contributed by atoms with E-state index in [0.717, 1.165) is 30.0 Å². The van der Waals surface area contributed by atoms with E-state index in [1.165, 1.54) is 0 Å². The van der Waals surface area contributed by atoms with Gasteiger partial charge in [0.25, 0.3) is 0 Å². The highest BCUT2D eigenvalue weighted by atomic mass is 35.5. The Bertz CT molecular complexity index is 827. The fourth-order valence-corrected chi connectivity index (χ4v) is 3.08. The number of amides is 1. The molecule has 0 aliphatic carbocycles. The summed E-state index contributed by atoms with van der Waals surface area (Å²) >= 11 is 6.13. The number of halogens is 1. The Morgan fingerprint density at radius 1 is 1.19 bits per heavy atom. The van der Waals surface area contributed by atoms with E-state index in [9.17, 15) is 4.79 Å². The first-order valence-corrected chi connectivity index (χ1v) is 9.15. The number of hydrogen-bond acceptors (Lipinski definition) is 5. The smallest absolute Gasteiger partial charge is 0.243 e. The lowest BCUT2D eigenvalue weighted by atomic mass is 10.1. The number of hydrogen-bond donors (Lipinski definition) is 2. The van der Waals surface area contributed by atoms with Crippen LogP contribution in [0.1, 0.15) is 5.56 Å². The predicted molar refractivity (Wildman–Crippen MR) is 107 cm³/mol. The monoisotopic (exact) mass is 384 g/mol. The van der Waals surface area contributed by atoms with Gasteiger partial charge in [0.2, 0.25) is 5.91 Å². The van der Waals surface area contributed by atoms with E-state index in [0.29, 0.717) is 30.3 Å². The van der Waals surface area contributed by atoms with Gasteiger partial charge in [0, 0.05) is 23.8 Å².